The predicted octanol–water partition coefficient (Wildman–Crippen LogP) is 3.09. The van der Waals surface area contributed by atoms with E-state index in [0.717, 1.165) is 5.56 Å². The molecule has 0 unspecified atom stereocenters. The summed E-state index contributed by atoms with van der Waals surface area (Å²) in [7, 11) is 3.17. The number of rotatable bonds is 2. The predicted molar refractivity (Wildman–Crippen MR) is 91.7 cm³/mol. The lowest BCUT2D eigenvalue weighted by Crippen LogP contribution is -2.25. The summed E-state index contributed by atoms with van der Waals surface area (Å²) in [4.78, 5) is 25.5. The Balaban J connectivity index is 1.58. The van der Waals surface area contributed by atoms with Crippen LogP contribution in [-0.2, 0) is 0 Å². The van der Waals surface area contributed by atoms with Crippen LogP contribution in [-0.4, -0.2) is 37.7 Å². The van der Waals surface area contributed by atoms with E-state index in [1.54, 1.807) is 44.4 Å². The quantitative estimate of drug-likeness (QED) is 0.773. The smallest absolute Gasteiger partial charge is 0.414 e. The van der Waals surface area contributed by atoms with Crippen molar-refractivity contribution < 1.29 is 28.5 Å². The van der Waals surface area contributed by atoms with Gasteiger partial charge in [0.25, 0.3) is 0 Å². The summed E-state index contributed by atoms with van der Waals surface area (Å²) < 4.78 is 21.5. The number of nitrogens with zero attached hydrogens (tertiary/aromatic N) is 1. The SMILES string of the molecule is CN(C)C(=O)Oc1ccc2c(c1)OC(=Cc1ccc3c(c1)OCO3)C2=O. The minimum absolute atomic E-state index is 0.185. The highest BCUT2D eigenvalue weighted by molar-refractivity contribution is 6.14. The second-order valence-corrected chi connectivity index (χ2v) is 5.97. The Morgan fingerprint density at radius 3 is 2.69 bits per heavy atom. The fourth-order valence-electron chi connectivity index (χ4n) is 2.58. The van der Waals surface area contributed by atoms with E-state index in [1.165, 1.54) is 11.0 Å². The third-order valence-electron chi connectivity index (χ3n) is 3.91. The topological polar surface area (TPSA) is 74.3 Å². The van der Waals surface area contributed by atoms with Gasteiger partial charge in [-0.05, 0) is 35.9 Å². The van der Waals surface area contributed by atoms with E-state index >= 15 is 0 Å². The van der Waals surface area contributed by atoms with Crippen molar-refractivity contribution in [3.63, 3.8) is 0 Å². The van der Waals surface area contributed by atoms with E-state index in [9.17, 15) is 9.59 Å². The number of hydrogen-bond acceptors (Lipinski definition) is 6. The molecule has 26 heavy (non-hydrogen) atoms. The summed E-state index contributed by atoms with van der Waals surface area (Å²) in [6.07, 6.45) is 1.13. The maximum atomic E-state index is 12.5. The van der Waals surface area contributed by atoms with Crippen LogP contribution in [0.1, 0.15) is 15.9 Å². The van der Waals surface area contributed by atoms with Gasteiger partial charge in [0.2, 0.25) is 12.6 Å². The third kappa shape index (κ3) is 2.83. The molecule has 0 saturated carbocycles. The number of ether oxygens (including phenoxy) is 4. The van der Waals surface area contributed by atoms with Crippen LogP contribution < -0.4 is 18.9 Å². The molecular formula is C19H15NO6. The largest absolute Gasteiger partial charge is 0.454 e. The number of allylic oxidation sites excluding steroid dienone is 1. The van der Waals surface area contributed by atoms with Crippen molar-refractivity contribution in [1.82, 2.24) is 4.90 Å². The Bertz CT molecular complexity index is 947. The molecule has 0 aromatic heterocycles. The van der Waals surface area contributed by atoms with Crippen molar-refractivity contribution in [3.8, 4) is 23.0 Å². The van der Waals surface area contributed by atoms with E-state index in [1.807, 2.05) is 6.07 Å². The van der Waals surface area contributed by atoms with Crippen molar-refractivity contribution in [2.24, 2.45) is 0 Å². The van der Waals surface area contributed by atoms with Crippen LogP contribution >= 0.6 is 0 Å². The highest BCUT2D eigenvalue weighted by Crippen LogP contribution is 2.37. The highest BCUT2D eigenvalue weighted by atomic mass is 16.7. The molecule has 2 heterocycles. The summed E-state index contributed by atoms with van der Waals surface area (Å²) in [6, 6.07) is 10.0. The first-order chi connectivity index (χ1) is 12.5. The van der Waals surface area contributed by atoms with Gasteiger partial charge in [-0.2, -0.15) is 0 Å². The van der Waals surface area contributed by atoms with Crippen LogP contribution in [0.25, 0.3) is 6.08 Å². The maximum absolute atomic E-state index is 12.5. The van der Waals surface area contributed by atoms with Crippen LogP contribution in [0.15, 0.2) is 42.2 Å². The monoisotopic (exact) mass is 353 g/mol. The second kappa shape index (κ2) is 6.11. The first kappa shape index (κ1) is 16.0. The number of Topliss-reactive ketones (excluding diaryl/α,β-unsaturated/α-hetero) is 1. The number of fused-ring (bicyclic) bond motifs is 2. The van der Waals surface area contributed by atoms with Gasteiger partial charge in [0, 0.05) is 20.2 Å². The van der Waals surface area contributed by atoms with Crippen molar-refractivity contribution in [2.45, 2.75) is 0 Å². The molecule has 2 aromatic carbocycles. The molecule has 0 atom stereocenters. The van der Waals surface area contributed by atoms with Gasteiger partial charge >= 0.3 is 6.09 Å². The van der Waals surface area contributed by atoms with Gasteiger partial charge in [-0.1, -0.05) is 6.07 Å². The van der Waals surface area contributed by atoms with Gasteiger partial charge in [0.15, 0.2) is 17.3 Å². The number of hydrogen-bond donors (Lipinski definition) is 0. The van der Waals surface area contributed by atoms with Gasteiger partial charge in [-0.25, -0.2) is 4.79 Å². The van der Waals surface area contributed by atoms with E-state index in [-0.39, 0.29) is 18.3 Å². The van der Waals surface area contributed by atoms with Gasteiger partial charge < -0.3 is 23.8 Å². The van der Waals surface area contributed by atoms with Crippen LogP contribution in [0.3, 0.4) is 0 Å². The number of ketones is 1. The van der Waals surface area contributed by atoms with Crippen LogP contribution in [0.4, 0.5) is 4.79 Å². The average molecular weight is 353 g/mol. The summed E-state index contributed by atoms with van der Waals surface area (Å²) in [6.45, 7) is 0.185. The molecule has 0 aliphatic carbocycles. The van der Waals surface area contributed by atoms with Crippen molar-refractivity contribution >= 4 is 18.0 Å². The summed E-state index contributed by atoms with van der Waals surface area (Å²) in [5.41, 5.74) is 1.17. The van der Waals surface area contributed by atoms with Crippen molar-refractivity contribution in [1.29, 1.82) is 0 Å². The molecule has 1 amide bonds. The fraction of sp³-hybridized carbons (Fsp3) is 0.158. The molecule has 7 nitrogen and oxygen atoms in total. The molecule has 0 N–H and O–H groups in total. The number of carbonyl (C=O) groups excluding carboxylic acids is 2. The molecule has 4 rings (SSSR count). The Labute approximate surface area is 149 Å². The zero-order valence-electron chi connectivity index (χ0n) is 14.1. The Kier molecular flexibility index (Phi) is 3.76. The van der Waals surface area contributed by atoms with Crippen LogP contribution in [0.2, 0.25) is 0 Å². The fourth-order valence-corrected chi connectivity index (χ4v) is 2.58. The summed E-state index contributed by atoms with van der Waals surface area (Å²) >= 11 is 0. The zero-order valence-corrected chi connectivity index (χ0v) is 14.1. The lowest BCUT2D eigenvalue weighted by Gasteiger charge is -2.10. The third-order valence-corrected chi connectivity index (χ3v) is 3.91. The number of carbonyl (C=O) groups is 2. The molecule has 0 spiro atoms. The normalized spacial score (nSPS) is 15.6. The van der Waals surface area contributed by atoms with Gasteiger partial charge in [0.1, 0.15) is 11.5 Å². The van der Waals surface area contributed by atoms with Gasteiger partial charge in [0.05, 0.1) is 5.56 Å². The molecule has 0 saturated heterocycles. The molecule has 2 aliphatic heterocycles. The van der Waals surface area contributed by atoms with Crippen LogP contribution in [0.5, 0.6) is 23.0 Å². The van der Waals surface area contributed by atoms with E-state index in [4.69, 9.17) is 18.9 Å². The molecule has 2 aliphatic rings. The molecule has 7 heteroatoms. The Hall–Kier alpha value is -3.48. The lowest BCUT2D eigenvalue weighted by molar-refractivity contribution is 0.101. The van der Waals surface area contributed by atoms with E-state index in [0.29, 0.717) is 28.6 Å². The van der Waals surface area contributed by atoms with Crippen LogP contribution in [0, 0.1) is 0 Å². The van der Waals surface area contributed by atoms with Crippen molar-refractivity contribution in [2.75, 3.05) is 20.9 Å². The minimum atomic E-state index is -0.509. The lowest BCUT2D eigenvalue weighted by atomic mass is 10.1. The van der Waals surface area contributed by atoms with E-state index < -0.39 is 6.09 Å². The molecule has 0 bridgehead atoms. The molecule has 0 radical (unpaired) electrons. The average Bonchev–Trinajstić information content (AvgIpc) is 3.19. The number of benzene rings is 2. The summed E-state index contributed by atoms with van der Waals surface area (Å²) in [5.74, 6) is 1.91. The molecular weight excluding hydrogens is 338 g/mol. The minimum Gasteiger partial charge on any atom is -0.454 e. The first-order valence-corrected chi connectivity index (χ1v) is 7.88. The van der Waals surface area contributed by atoms with Crippen molar-refractivity contribution in [3.05, 3.63) is 53.3 Å². The van der Waals surface area contributed by atoms with Gasteiger partial charge in [-0.15, -0.1) is 0 Å². The molecule has 0 fully saturated rings. The Morgan fingerprint density at radius 1 is 1.08 bits per heavy atom. The van der Waals surface area contributed by atoms with Gasteiger partial charge in [-0.3, -0.25) is 4.79 Å². The van der Waals surface area contributed by atoms with E-state index in [2.05, 4.69) is 0 Å². The zero-order chi connectivity index (χ0) is 18.3. The Morgan fingerprint density at radius 2 is 1.88 bits per heavy atom. The maximum Gasteiger partial charge on any atom is 0.414 e. The molecule has 2 aromatic rings. The number of amides is 1. The highest BCUT2D eigenvalue weighted by Gasteiger charge is 2.28. The first-order valence-electron chi connectivity index (χ1n) is 7.88. The molecule has 132 valence electrons. The second-order valence-electron chi connectivity index (χ2n) is 5.97. The summed E-state index contributed by atoms with van der Waals surface area (Å²) in [5, 5.41) is 0. The standard InChI is InChI=1S/C19H15NO6/c1-20(2)19(22)25-12-4-5-13-15(9-12)26-17(18(13)21)8-11-3-6-14-16(7-11)24-10-23-14/h3-9H,10H2,1-2H3.